The van der Waals surface area contributed by atoms with Crippen LogP contribution in [0.25, 0.3) is 0 Å². The summed E-state index contributed by atoms with van der Waals surface area (Å²) in [5, 5.41) is 4.11. The third-order valence-electron chi connectivity index (χ3n) is 1.57. The summed E-state index contributed by atoms with van der Waals surface area (Å²) in [7, 11) is 1.69. The van der Waals surface area contributed by atoms with E-state index >= 15 is 0 Å². The van der Waals surface area contributed by atoms with Gasteiger partial charge in [0.15, 0.2) is 0 Å². The molecule has 1 unspecified atom stereocenters. The Morgan fingerprint density at radius 2 is 2.50 bits per heavy atom. The molecule has 0 amide bonds. The summed E-state index contributed by atoms with van der Waals surface area (Å²) in [6.07, 6.45) is 0. The number of ether oxygens (including phenoxy) is 1. The Hall–Kier alpha value is 0.0700. The Morgan fingerprint density at radius 1 is 1.75 bits per heavy atom. The maximum Gasteiger partial charge on any atom is 0.119 e. The van der Waals surface area contributed by atoms with Crippen LogP contribution in [0.5, 0.6) is 0 Å². The second-order valence-corrected chi connectivity index (χ2v) is 4.24. The van der Waals surface area contributed by atoms with Crippen LogP contribution in [-0.2, 0) is 11.3 Å². The Morgan fingerprint density at radius 3 is 3.08 bits per heavy atom. The van der Waals surface area contributed by atoms with Crippen molar-refractivity contribution in [2.45, 2.75) is 19.4 Å². The number of hydrogen-bond acceptors (Lipinski definition) is 3. The first-order valence-electron chi connectivity index (χ1n) is 3.77. The van der Waals surface area contributed by atoms with Crippen LogP contribution >= 0.6 is 27.3 Å². The lowest BCUT2D eigenvalue weighted by Crippen LogP contribution is -1.95. The van der Waals surface area contributed by atoms with Crippen molar-refractivity contribution in [2.24, 2.45) is 0 Å². The molecule has 1 atom stereocenters. The van der Waals surface area contributed by atoms with E-state index in [1.807, 2.05) is 0 Å². The second-order valence-electron chi connectivity index (χ2n) is 2.65. The minimum Gasteiger partial charge on any atom is -0.378 e. The van der Waals surface area contributed by atoms with Gasteiger partial charge < -0.3 is 4.74 Å². The van der Waals surface area contributed by atoms with Gasteiger partial charge in [-0.15, -0.1) is 11.3 Å². The molecule has 0 aromatic carbocycles. The van der Waals surface area contributed by atoms with Crippen molar-refractivity contribution in [2.75, 3.05) is 12.4 Å². The first-order chi connectivity index (χ1) is 5.77. The van der Waals surface area contributed by atoms with Gasteiger partial charge in [0.05, 0.1) is 12.3 Å². The molecule has 1 heterocycles. The van der Waals surface area contributed by atoms with Crippen molar-refractivity contribution in [1.82, 2.24) is 4.98 Å². The molecule has 1 rings (SSSR count). The molecule has 0 radical (unpaired) electrons. The molecule has 1 aromatic rings. The van der Waals surface area contributed by atoms with Crippen LogP contribution < -0.4 is 0 Å². The van der Waals surface area contributed by atoms with Gasteiger partial charge in [0, 0.05) is 23.7 Å². The summed E-state index contributed by atoms with van der Waals surface area (Å²) < 4.78 is 4.99. The second kappa shape index (κ2) is 4.94. The molecule has 4 heteroatoms. The van der Waals surface area contributed by atoms with E-state index in [1.54, 1.807) is 18.4 Å². The molecule has 1 aromatic heterocycles. The highest BCUT2D eigenvalue weighted by Crippen LogP contribution is 2.20. The molecular weight excluding hydrogens is 238 g/mol. The predicted molar refractivity (Wildman–Crippen MR) is 55.0 cm³/mol. The van der Waals surface area contributed by atoms with E-state index in [1.165, 1.54) is 0 Å². The molecule has 0 N–H and O–H groups in total. The molecule has 0 bridgehead atoms. The highest BCUT2D eigenvalue weighted by molar-refractivity contribution is 9.09. The summed E-state index contributed by atoms with van der Waals surface area (Å²) in [5.74, 6) is 0.492. The van der Waals surface area contributed by atoms with Gasteiger partial charge in [0.25, 0.3) is 0 Å². The highest BCUT2D eigenvalue weighted by atomic mass is 79.9. The number of hydrogen-bond donors (Lipinski definition) is 0. The van der Waals surface area contributed by atoms with Crippen LogP contribution in [0.15, 0.2) is 5.38 Å². The van der Waals surface area contributed by atoms with Crippen LogP contribution in [0, 0.1) is 0 Å². The summed E-state index contributed by atoms with van der Waals surface area (Å²) in [6.45, 7) is 2.78. The first-order valence-corrected chi connectivity index (χ1v) is 5.77. The third-order valence-corrected chi connectivity index (χ3v) is 3.39. The topological polar surface area (TPSA) is 22.1 Å². The normalized spacial score (nSPS) is 13.2. The maximum atomic E-state index is 4.99. The standard InChI is InChI=1S/C8H12BrNOS/c1-6(3-9)7-5-12-8(10-7)4-11-2/h5-6H,3-4H2,1-2H3. The van der Waals surface area contributed by atoms with E-state index in [4.69, 9.17) is 4.74 Å². The summed E-state index contributed by atoms with van der Waals surface area (Å²) in [6, 6.07) is 0. The molecule has 68 valence electrons. The molecule has 0 aliphatic rings. The zero-order valence-electron chi connectivity index (χ0n) is 7.21. The van der Waals surface area contributed by atoms with Crippen molar-refractivity contribution >= 4 is 27.3 Å². The van der Waals surface area contributed by atoms with Gasteiger partial charge in [-0.2, -0.15) is 0 Å². The number of alkyl halides is 1. The largest absolute Gasteiger partial charge is 0.378 e. The fraction of sp³-hybridized carbons (Fsp3) is 0.625. The molecule has 2 nitrogen and oxygen atoms in total. The molecular formula is C8H12BrNOS. The lowest BCUT2D eigenvalue weighted by Gasteiger charge is -2.01. The van der Waals surface area contributed by atoms with Crippen LogP contribution in [0.4, 0.5) is 0 Å². The van der Waals surface area contributed by atoms with Gasteiger partial charge in [0.1, 0.15) is 5.01 Å². The number of aromatic nitrogens is 1. The van der Waals surface area contributed by atoms with Gasteiger partial charge in [-0.05, 0) is 0 Å². The fourth-order valence-corrected chi connectivity index (χ4v) is 2.04. The number of methoxy groups -OCH3 is 1. The lowest BCUT2D eigenvalue weighted by atomic mass is 10.2. The monoisotopic (exact) mass is 249 g/mol. The molecule has 0 saturated heterocycles. The number of halogens is 1. The summed E-state index contributed by atoms with van der Waals surface area (Å²) in [5.41, 5.74) is 1.16. The number of thiazole rings is 1. The van der Waals surface area contributed by atoms with Gasteiger partial charge in [0.2, 0.25) is 0 Å². The van der Waals surface area contributed by atoms with Gasteiger partial charge in [-0.3, -0.25) is 0 Å². The molecule has 0 fully saturated rings. The Labute approximate surface area is 85.1 Å². The summed E-state index contributed by atoms with van der Waals surface area (Å²) in [4.78, 5) is 4.43. The molecule has 0 aliphatic carbocycles. The van der Waals surface area contributed by atoms with Crippen molar-refractivity contribution in [3.63, 3.8) is 0 Å². The third kappa shape index (κ3) is 2.54. The Bertz CT molecular complexity index is 239. The minimum absolute atomic E-state index is 0.492. The highest BCUT2D eigenvalue weighted by Gasteiger charge is 2.07. The van der Waals surface area contributed by atoms with E-state index in [0.29, 0.717) is 12.5 Å². The first kappa shape index (κ1) is 10.2. The van der Waals surface area contributed by atoms with Crippen LogP contribution in [-0.4, -0.2) is 17.4 Å². The Kier molecular flexibility index (Phi) is 4.18. The average Bonchev–Trinajstić information content (AvgIpc) is 2.52. The van der Waals surface area contributed by atoms with Gasteiger partial charge in [-0.1, -0.05) is 22.9 Å². The van der Waals surface area contributed by atoms with Crippen LogP contribution in [0.1, 0.15) is 23.5 Å². The molecule has 0 spiro atoms. The molecule has 0 saturated carbocycles. The van der Waals surface area contributed by atoms with Crippen molar-refractivity contribution in [1.29, 1.82) is 0 Å². The van der Waals surface area contributed by atoms with Crippen LogP contribution in [0.3, 0.4) is 0 Å². The smallest absolute Gasteiger partial charge is 0.119 e. The molecule has 12 heavy (non-hydrogen) atoms. The Balaban J connectivity index is 2.63. The van der Waals surface area contributed by atoms with E-state index < -0.39 is 0 Å². The van der Waals surface area contributed by atoms with E-state index in [2.05, 4.69) is 33.2 Å². The van der Waals surface area contributed by atoms with E-state index in [9.17, 15) is 0 Å². The predicted octanol–water partition coefficient (Wildman–Crippen LogP) is 2.79. The average molecular weight is 250 g/mol. The van der Waals surface area contributed by atoms with Gasteiger partial charge in [-0.25, -0.2) is 4.98 Å². The maximum absolute atomic E-state index is 4.99. The van der Waals surface area contributed by atoms with Crippen molar-refractivity contribution in [3.8, 4) is 0 Å². The van der Waals surface area contributed by atoms with E-state index in [0.717, 1.165) is 16.0 Å². The number of nitrogens with zero attached hydrogens (tertiary/aromatic N) is 1. The molecule has 0 aliphatic heterocycles. The lowest BCUT2D eigenvalue weighted by molar-refractivity contribution is 0.184. The van der Waals surface area contributed by atoms with Crippen LogP contribution in [0.2, 0.25) is 0 Å². The zero-order valence-corrected chi connectivity index (χ0v) is 9.61. The van der Waals surface area contributed by atoms with Crippen molar-refractivity contribution < 1.29 is 4.74 Å². The number of rotatable bonds is 4. The van der Waals surface area contributed by atoms with E-state index in [-0.39, 0.29) is 0 Å². The fourth-order valence-electron chi connectivity index (χ4n) is 0.820. The SMILES string of the molecule is COCc1nc(C(C)CBr)cs1. The van der Waals surface area contributed by atoms with Gasteiger partial charge >= 0.3 is 0 Å². The van der Waals surface area contributed by atoms with Crippen molar-refractivity contribution in [3.05, 3.63) is 16.1 Å². The summed E-state index contributed by atoms with van der Waals surface area (Å²) >= 11 is 5.09. The minimum atomic E-state index is 0.492. The quantitative estimate of drug-likeness (QED) is 0.766. The zero-order chi connectivity index (χ0) is 8.97.